The number of nitrogens with two attached hydrogens (primary N) is 1. The Hall–Kier alpha value is -2.50. The Morgan fingerprint density at radius 3 is 2.60 bits per heavy atom. The molecule has 0 amide bonds. The fourth-order valence-corrected chi connectivity index (χ4v) is 3.91. The number of nitro groups is 1. The van der Waals surface area contributed by atoms with E-state index in [9.17, 15) is 14.9 Å². The zero-order chi connectivity index (χ0) is 21.8. The van der Waals surface area contributed by atoms with Gasteiger partial charge in [0, 0.05) is 50.7 Å². The first kappa shape index (κ1) is 22.2. The van der Waals surface area contributed by atoms with Crippen LogP contribution >= 0.6 is 15.9 Å². The van der Waals surface area contributed by atoms with E-state index in [1.807, 2.05) is 0 Å². The van der Waals surface area contributed by atoms with E-state index < -0.39 is 0 Å². The molecule has 2 saturated heterocycles. The van der Waals surface area contributed by atoms with Gasteiger partial charge >= 0.3 is 0 Å². The van der Waals surface area contributed by atoms with Crippen LogP contribution in [0, 0.1) is 10.1 Å². The van der Waals surface area contributed by atoms with Crippen LogP contribution in [-0.2, 0) is 11.8 Å². The van der Waals surface area contributed by atoms with Gasteiger partial charge in [-0.3, -0.25) is 19.8 Å². The van der Waals surface area contributed by atoms with Crippen LogP contribution in [0.2, 0.25) is 0 Å². The van der Waals surface area contributed by atoms with Crippen molar-refractivity contribution >= 4 is 33.0 Å². The summed E-state index contributed by atoms with van der Waals surface area (Å²) in [5.41, 5.74) is 6.74. The van der Waals surface area contributed by atoms with Crippen molar-refractivity contribution in [2.24, 2.45) is 7.05 Å². The fourth-order valence-electron chi connectivity index (χ4n) is 3.50. The van der Waals surface area contributed by atoms with E-state index in [0.29, 0.717) is 22.0 Å². The Morgan fingerprint density at radius 2 is 2.07 bits per heavy atom. The van der Waals surface area contributed by atoms with Crippen LogP contribution in [0.5, 0.6) is 0 Å². The van der Waals surface area contributed by atoms with Gasteiger partial charge in [0.05, 0.1) is 30.4 Å². The van der Waals surface area contributed by atoms with Crippen molar-refractivity contribution in [1.82, 2.24) is 14.5 Å². The van der Waals surface area contributed by atoms with Crippen LogP contribution in [0.3, 0.4) is 0 Å². The van der Waals surface area contributed by atoms with Gasteiger partial charge in [-0.1, -0.05) is 0 Å². The summed E-state index contributed by atoms with van der Waals surface area (Å²) in [6.07, 6.45) is 2.88. The van der Waals surface area contributed by atoms with Crippen LogP contribution in [0.15, 0.2) is 40.0 Å². The highest BCUT2D eigenvalue weighted by Gasteiger charge is 2.34. The molecular formula is C19H25BrN6O4. The molecule has 2 aliphatic rings. The first-order valence-corrected chi connectivity index (χ1v) is 10.4. The number of rotatable bonds is 3. The number of nitro benzene ring substituents is 1. The van der Waals surface area contributed by atoms with E-state index in [2.05, 4.69) is 37.6 Å². The Bertz CT molecular complexity index is 964. The summed E-state index contributed by atoms with van der Waals surface area (Å²) >= 11 is 3.13. The predicted molar refractivity (Wildman–Crippen MR) is 118 cm³/mol. The number of ether oxygens (including phenoxy) is 1. The van der Waals surface area contributed by atoms with Crippen LogP contribution in [0.25, 0.3) is 0 Å². The van der Waals surface area contributed by atoms with E-state index in [1.165, 1.54) is 16.8 Å². The molecule has 0 spiro atoms. The molecular weight excluding hydrogens is 456 g/mol. The lowest BCUT2D eigenvalue weighted by atomic mass is 10.1. The largest absolute Gasteiger partial charge is 0.399 e. The first-order chi connectivity index (χ1) is 14.3. The van der Waals surface area contributed by atoms with Crippen molar-refractivity contribution in [3.63, 3.8) is 0 Å². The zero-order valence-corrected chi connectivity index (χ0v) is 18.5. The van der Waals surface area contributed by atoms with E-state index in [1.54, 1.807) is 25.4 Å². The molecule has 10 nitrogen and oxygen atoms in total. The van der Waals surface area contributed by atoms with Crippen LogP contribution in [0.4, 0.5) is 17.1 Å². The molecule has 2 aromatic rings. The van der Waals surface area contributed by atoms with E-state index in [0.717, 1.165) is 32.8 Å². The standard InChI is InChI=1S/C14H20N4O3.C5H5BrN2O/c1-10-7-16(12-8-21-9-12)4-5-17(10)13-3-2-11(15)6-14(13)18(19)20;1-8-3-4(6)7-2-5(8)9/h2-3,6,10,12H,4-5,7-9,15H2,1H3;2-3H,1H3/t10-;/m0./s1. The lowest BCUT2D eigenvalue weighted by Gasteiger charge is -2.46. The molecule has 1 aromatic carbocycles. The monoisotopic (exact) mass is 480 g/mol. The minimum absolute atomic E-state index is 0.0854. The van der Waals surface area contributed by atoms with Crippen molar-refractivity contribution < 1.29 is 9.66 Å². The lowest BCUT2D eigenvalue weighted by molar-refractivity contribution is -0.384. The summed E-state index contributed by atoms with van der Waals surface area (Å²) in [5.74, 6) is 0. The second-order valence-corrected chi connectivity index (χ2v) is 8.21. The molecule has 30 heavy (non-hydrogen) atoms. The molecule has 3 heterocycles. The number of piperazine rings is 1. The van der Waals surface area contributed by atoms with Crippen molar-refractivity contribution in [3.05, 3.63) is 55.7 Å². The SMILES string of the molecule is C[C@H]1CN(C2COC2)CCN1c1ccc(N)cc1[N+](=O)[O-].Cn1cc(Br)ncc1=O. The van der Waals surface area contributed by atoms with Crippen molar-refractivity contribution in [2.45, 2.75) is 19.0 Å². The molecule has 0 saturated carbocycles. The van der Waals surface area contributed by atoms with Gasteiger partial charge in [0.1, 0.15) is 10.3 Å². The highest BCUT2D eigenvalue weighted by molar-refractivity contribution is 9.10. The van der Waals surface area contributed by atoms with Crippen molar-refractivity contribution in [2.75, 3.05) is 43.5 Å². The molecule has 2 N–H and O–H groups in total. The Balaban J connectivity index is 0.000000239. The Labute approximate surface area is 182 Å². The summed E-state index contributed by atoms with van der Waals surface area (Å²) in [5, 5.41) is 11.2. The minimum Gasteiger partial charge on any atom is -0.399 e. The molecule has 1 atom stereocenters. The zero-order valence-electron chi connectivity index (χ0n) is 16.9. The fraction of sp³-hybridized carbons (Fsp3) is 0.474. The molecule has 2 fully saturated rings. The van der Waals surface area contributed by atoms with Crippen LogP contribution in [-0.4, -0.2) is 64.3 Å². The van der Waals surface area contributed by atoms with Gasteiger partial charge in [-0.2, -0.15) is 0 Å². The van der Waals surface area contributed by atoms with Crippen molar-refractivity contribution in [1.29, 1.82) is 0 Å². The molecule has 0 bridgehead atoms. The Morgan fingerprint density at radius 1 is 1.33 bits per heavy atom. The number of hydrogen-bond donors (Lipinski definition) is 1. The summed E-state index contributed by atoms with van der Waals surface area (Å²) in [7, 11) is 1.68. The highest BCUT2D eigenvalue weighted by Crippen LogP contribution is 2.33. The van der Waals surface area contributed by atoms with Gasteiger partial charge in [0.15, 0.2) is 0 Å². The summed E-state index contributed by atoms with van der Waals surface area (Å²) in [6, 6.07) is 5.65. The maximum atomic E-state index is 11.2. The number of aryl methyl sites for hydroxylation is 1. The van der Waals surface area contributed by atoms with E-state index in [4.69, 9.17) is 10.5 Å². The third-order valence-corrected chi connectivity index (χ3v) is 5.66. The maximum Gasteiger partial charge on any atom is 0.294 e. The molecule has 2 aliphatic heterocycles. The van der Waals surface area contributed by atoms with Gasteiger partial charge in [0.25, 0.3) is 11.2 Å². The Kier molecular flexibility index (Phi) is 7.06. The molecule has 0 radical (unpaired) electrons. The first-order valence-electron chi connectivity index (χ1n) is 9.56. The van der Waals surface area contributed by atoms with Gasteiger partial charge in [-0.15, -0.1) is 0 Å². The number of anilines is 2. The summed E-state index contributed by atoms with van der Waals surface area (Å²) < 4.78 is 7.37. The summed E-state index contributed by atoms with van der Waals surface area (Å²) in [4.78, 5) is 29.8. The molecule has 11 heteroatoms. The van der Waals surface area contributed by atoms with Gasteiger partial charge < -0.3 is 19.9 Å². The maximum absolute atomic E-state index is 11.2. The number of hydrogen-bond acceptors (Lipinski definition) is 8. The average Bonchev–Trinajstić information content (AvgIpc) is 2.65. The number of aromatic nitrogens is 2. The van der Waals surface area contributed by atoms with Crippen molar-refractivity contribution in [3.8, 4) is 0 Å². The number of nitrogens with zero attached hydrogens (tertiary/aromatic N) is 5. The second-order valence-electron chi connectivity index (χ2n) is 7.39. The lowest BCUT2D eigenvalue weighted by Crippen LogP contribution is -2.59. The number of nitrogen functional groups attached to an aromatic ring is 1. The topological polar surface area (TPSA) is 120 Å². The predicted octanol–water partition coefficient (Wildman–Crippen LogP) is 1.63. The van der Waals surface area contributed by atoms with Gasteiger partial charge in [0.2, 0.25) is 0 Å². The molecule has 0 unspecified atom stereocenters. The summed E-state index contributed by atoms with van der Waals surface area (Å²) in [6.45, 7) is 6.28. The van der Waals surface area contributed by atoms with Crippen LogP contribution in [0.1, 0.15) is 6.92 Å². The molecule has 0 aliphatic carbocycles. The number of halogens is 1. The highest BCUT2D eigenvalue weighted by atomic mass is 79.9. The molecule has 4 rings (SSSR count). The average molecular weight is 481 g/mol. The minimum atomic E-state index is -0.357. The number of benzene rings is 1. The van der Waals surface area contributed by atoms with E-state index in [-0.39, 0.29) is 22.2 Å². The van der Waals surface area contributed by atoms with E-state index >= 15 is 0 Å². The smallest absolute Gasteiger partial charge is 0.294 e. The normalized spacial score (nSPS) is 19.6. The quantitative estimate of drug-likeness (QED) is 0.399. The molecule has 1 aromatic heterocycles. The van der Waals surface area contributed by atoms with Gasteiger partial charge in [-0.25, -0.2) is 4.98 Å². The third-order valence-electron chi connectivity index (χ3n) is 5.25. The second kappa shape index (κ2) is 9.54. The van der Waals surface area contributed by atoms with Crippen LogP contribution < -0.4 is 16.2 Å². The van der Waals surface area contributed by atoms with Gasteiger partial charge in [-0.05, 0) is 35.0 Å². The third kappa shape index (κ3) is 5.15. The molecule has 162 valence electrons.